The molecule has 0 saturated carbocycles. The molecule has 2 fully saturated rings. The van der Waals surface area contributed by atoms with Gasteiger partial charge in [0.2, 0.25) is 11.8 Å². The fourth-order valence-electron chi connectivity index (χ4n) is 3.84. The number of thioether (sulfide) groups is 1. The van der Waals surface area contributed by atoms with E-state index in [9.17, 15) is 4.79 Å². The number of nitrogens with zero attached hydrogens (tertiary/aromatic N) is 4. The van der Waals surface area contributed by atoms with Crippen molar-refractivity contribution in [3.05, 3.63) is 11.7 Å². The summed E-state index contributed by atoms with van der Waals surface area (Å²) in [4.78, 5) is 21.7. The lowest BCUT2D eigenvalue weighted by Crippen LogP contribution is -2.50. The van der Waals surface area contributed by atoms with Crippen LogP contribution in [0.3, 0.4) is 0 Å². The van der Waals surface area contributed by atoms with Gasteiger partial charge in [0.05, 0.1) is 17.7 Å². The third-order valence-corrected chi connectivity index (χ3v) is 5.44. The van der Waals surface area contributed by atoms with Gasteiger partial charge in [0.25, 0.3) is 0 Å². The zero-order valence-electron chi connectivity index (χ0n) is 14.1. The predicted octanol–water partition coefficient (Wildman–Crippen LogP) is 2.16. The van der Waals surface area contributed by atoms with Crippen molar-refractivity contribution in [2.45, 2.75) is 44.9 Å². The first kappa shape index (κ1) is 16.8. The molecule has 1 aromatic rings. The topological polar surface area (TPSA) is 62.5 Å². The molecule has 2 aliphatic rings. The van der Waals surface area contributed by atoms with Crippen molar-refractivity contribution in [1.82, 2.24) is 19.9 Å². The summed E-state index contributed by atoms with van der Waals surface area (Å²) < 4.78 is 5.33. The molecule has 3 heterocycles. The molecular formula is C16H26N4O2S. The fraction of sp³-hybridized carbons (Fsp3) is 0.812. The van der Waals surface area contributed by atoms with Crippen molar-refractivity contribution in [1.29, 1.82) is 0 Å². The maximum absolute atomic E-state index is 12.9. The second-order valence-corrected chi connectivity index (χ2v) is 7.54. The number of likely N-dealkylation sites (tertiary alicyclic amines) is 2. The van der Waals surface area contributed by atoms with Crippen molar-refractivity contribution >= 4 is 17.7 Å². The highest BCUT2D eigenvalue weighted by molar-refractivity contribution is 7.97. The van der Waals surface area contributed by atoms with Gasteiger partial charge < -0.3 is 9.42 Å². The van der Waals surface area contributed by atoms with Crippen LogP contribution in [0.2, 0.25) is 0 Å². The molecule has 1 amide bonds. The molecule has 23 heavy (non-hydrogen) atoms. The molecule has 1 aromatic heterocycles. The van der Waals surface area contributed by atoms with E-state index in [-0.39, 0.29) is 5.41 Å². The monoisotopic (exact) mass is 338 g/mol. The molecule has 7 heteroatoms. The zero-order chi connectivity index (χ0) is 16.3. The Hall–Kier alpha value is -1.08. The van der Waals surface area contributed by atoms with Crippen LogP contribution in [0.1, 0.15) is 44.3 Å². The lowest BCUT2D eigenvalue weighted by atomic mass is 9.78. The number of hydrogen-bond donors (Lipinski definition) is 0. The lowest BCUT2D eigenvalue weighted by molar-refractivity contribution is -0.145. The summed E-state index contributed by atoms with van der Waals surface area (Å²) >= 11 is 1.68. The minimum Gasteiger partial charge on any atom is -0.342 e. The Balaban J connectivity index is 1.61. The van der Waals surface area contributed by atoms with Crippen LogP contribution in [-0.4, -0.2) is 58.3 Å². The van der Waals surface area contributed by atoms with Gasteiger partial charge in [-0.2, -0.15) is 16.7 Å². The van der Waals surface area contributed by atoms with Gasteiger partial charge in [-0.3, -0.25) is 9.69 Å². The van der Waals surface area contributed by atoms with Gasteiger partial charge in [-0.05, 0) is 38.5 Å². The smallest absolute Gasteiger partial charge is 0.240 e. The minimum absolute atomic E-state index is 0.171. The van der Waals surface area contributed by atoms with Gasteiger partial charge in [0.15, 0.2) is 5.82 Å². The molecule has 0 radical (unpaired) electrons. The Morgan fingerprint density at radius 2 is 2.22 bits per heavy atom. The summed E-state index contributed by atoms with van der Waals surface area (Å²) in [6.45, 7) is 6.37. The largest absolute Gasteiger partial charge is 0.342 e. The van der Waals surface area contributed by atoms with Gasteiger partial charge in [-0.25, -0.2) is 0 Å². The van der Waals surface area contributed by atoms with Crippen LogP contribution in [0.15, 0.2) is 4.52 Å². The van der Waals surface area contributed by atoms with E-state index in [2.05, 4.69) is 26.9 Å². The summed E-state index contributed by atoms with van der Waals surface area (Å²) in [6.07, 6.45) is 6.16. The van der Waals surface area contributed by atoms with Crippen molar-refractivity contribution in [3.8, 4) is 0 Å². The Morgan fingerprint density at radius 1 is 1.35 bits per heavy atom. The lowest BCUT2D eigenvalue weighted by Gasteiger charge is -2.39. The van der Waals surface area contributed by atoms with E-state index in [1.165, 1.54) is 0 Å². The van der Waals surface area contributed by atoms with E-state index in [1.807, 2.05) is 6.26 Å². The minimum atomic E-state index is -0.171. The van der Waals surface area contributed by atoms with E-state index in [0.29, 0.717) is 18.3 Å². The van der Waals surface area contributed by atoms with Crippen LogP contribution in [0, 0.1) is 5.41 Å². The third-order valence-electron chi connectivity index (χ3n) is 4.89. The Kier molecular flexibility index (Phi) is 5.26. The van der Waals surface area contributed by atoms with E-state index in [4.69, 9.17) is 4.52 Å². The molecule has 0 bridgehead atoms. The number of rotatable bonds is 6. The molecule has 0 N–H and O–H groups in total. The number of hydrogen-bond acceptors (Lipinski definition) is 6. The fourth-order valence-corrected chi connectivity index (χ4v) is 4.22. The van der Waals surface area contributed by atoms with Crippen LogP contribution in [-0.2, 0) is 17.1 Å². The van der Waals surface area contributed by atoms with Gasteiger partial charge in [0, 0.05) is 19.6 Å². The molecule has 128 valence electrons. The van der Waals surface area contributed by atoms with Crippen LogP contribution in [0.25, 0.3) is 0 Å². The SMILES string of the molecule is CCCN1CCC[C@]2(CCN(Cc3nc(CSC)no3)C2)C1=O. The number of amides is 1. The zero-order valence-corrected chi connectivity index (χ0v) is 14.9. The van der Waals surface area contributed by atoms with Crippen LogP contribution < -0.4 is 0 Å². The summed E-state index contributed by atoms with van der Waals surface area (Å²) in [5.41, 5.74) is -0.171. The first-order valence-corrected chi connectivity index (χ1v) is 9.88. The number of piperidine rings is 1. The first-order valence-electron chi connectivity index (χ1n) is 8.49. The van der Waals surface area contributed by atoms with Gasteiger partial charge in [0.1, 0.15) is 0 Å². The normalized spacial score (nSPS) is 25.7. The maximum atomic E-state index is 12.9. The molecular weight excluding hydrogens is 312 g/mol. The van der Waals surface area contributed by atoms with Gasteiger partial charge >= 0.3 is 0 Å². The Labute approximate surface area is 142 Å². The molecule has 0 aliphatic carbocycles. The van der Waals surface area contributed by atoms with Crippen molar-refractivity contribution in [2.75, 3.05) is 32.4 Å². The van der Waals surface area contributed by atoms with E-state index in [1.54, 1.807) is 11.8 Å². The quantitative estimate of drug-likeness (QED) is 0.792. The summed E-state index contributed by atoms with van der Waals surface area (Å²) in [5, 5.41) is 3.99. The first-order chi connectivity index (χ1) is 11.2. The van der Waals surface area contributed by atoms with E-state index < -0.39 is 0 Å². The molecule has 3 rings (SSSR count). The summed E-state index contributed by atoms with van der Waals surface area (Å²) in [7, 11) is 0. The second kappa shape index (κ2) is 7.21. The van der Waals surface area contributed by atoms with Gasteiger partial charge in [-0.15, -0.1) is 0 Å². The average molecular weight is 338 g/mol. The number of carbonyl (C=O) groups excluding carboxylic acids is 1. The van der Waals surface area contributed by atoms with Gasteiger partial charge in [-0.1, -0.05) is 12.1 Å². The highest BCUT2D eigenvalue weighted by atomic mass is 32.2. The molecule has 2 saturated heterocycles. The molecule has 2 aliphatic heterocycles. The standard InChI is InChI=1S/C16H26N4O2S/c1-3-7-20-8-4-5-16(15(20)21)6-9-19(12-16)10-14-17-13(11-23-2)18-22-14/h3-12H2,1-2H3/t16-/m1/s1. The number of aromatic nitrogens is 2. The van der Waals surface area contributed by atoms with Crippen LogP contribution in [0.5, 0.6) is 0 Å². The molecule has 1 spiro atoms. The van der Waals surface area contributed by atoms with Crippen LogP contribution >= 0.6 is 11.8 Å². The summed E-state index contributed by atoms with van der Waals surface area (Å²) in [6, 6.07) is 0. The van der Waals surface area contributed by atoms with E-state index in [0.717, 1.165) is 63.4 Å². The maximum Gasteiger partial charge on any atom is 0.240 e. The van der Waals surface area contributed by atoms with Crippen molar-refractivity contribution in [2.24, 2.45) is 5.41 Å². The predicted molar refractivity (Wildman–Crippen MR) is 89.9 cm³/mol. The molecule has 6 nitrogen and oxygen atoms in total. The third kappa shape index (κ3) is 3.55. The Morgan fingerprint density at radius 3 is 3.00 bits per heavy atom. The average Bonchev–Trinajstić information content (AvgIpc) is 3.14. The second-order valence-electron chi connectivity index (χ2n) is 6.67. The number of carbonyl (C=O) groups is 1. The van der Waals surface area contributed by atoms with Crippen molar-refractivity contribution in [3.63, 3.8) is 0 Å². The highest BCUT2D eigenvalue weighted by Crippen LogP contribution is 2.40. The summed E-state index contributed by atoms with van der Waals surface area (Å²) in [5.74, 6) is 2.56. The molecule has 0 aromatic carbocycles. The molecule has 1 atom stereocenters. The van der Waals surface area contributed by atoms with Crippen molar-refractivity contribution < 1.29 is 9.32 Å². The Bertz CT molecular complexity index is 548. The highest BCUT2D eigenvalue weighted by Gasteiger charge is 2.48. The molecule has 0 unspecified atom stereocenters. The van der Waals surface area contributed by atoms with Crippen LogP contribution in [0.4, 0.5) is 0 Å². The van der Waals surface area contributed by atoms with E-state index >= 15 is 0 Å².